The van der Waals surface area contributed by atoms with Gasteiger partial charge in [0.2, 0.25) is 0 Å². The number of halogens is 2. The Balaban J connectivity index is 1.85. The maximum atomic E-state index is 6.24. The topological polar surface area (TPSA) is 47.3 Å². The van der Waals surface area contributed by atoms with Crippen LogP contribution >= 0.6 is 23.2 Å². The second kappa shape index (κ2) is 6.34. The molecule has 3 N–H and O–H groups in total. The fourth-order valence-electron chi connectivity index (χ4n) is 2.59. The third kappa shape index (κ3) is 3.23. The first-order valence-electron chi connectivity index (χ1n) is 6.77. The van der Waals surface area contributed by atoms with Crippen molar-refractivity contribution in [1.82, 2.24) is 5.43 Å². The Hall–Kier alpha value is -1.10. The van der Waals surface area contributed by atoms with Gasteiger partial charge in [0.25, 0.3) is 0 Å². The third-order valence-electron chi connectivity index (χ3n) is 3.79. The zero-order valence-electron chi connectivity index (χ0n) is 11.4. The van der Waals surface area contributed by atoms with Crippen LogP contribution in [-0.2, 0) is 24.4 Å². The van der Waals surface area contributed by atoms with Crippen LogP contribution in [0.5, 0.6) is 0 Å². The van der Waals surface area contributed by atoms with Gasteiger partial charge in [0.1, 0.15) is 0 Å². The third-order valence-corrected chi connectivity index (χ3v) is 4.38. The number of hydrogen-bond acceptors (Lipinski definition) is 3. The molecule has 110 valence electrons. The van der Waals surface area contributed by atoms with Gasteiger partial charge in [0.05, 0.1) is 19.3 Å². The van der Waals surface area contributed by atoms with E-state index >= 15 is 0 Å². The molecule has 2 aromatic rings. The molecule has 21 heavy (non-hydrogen) atoms. The molecule has 0 radical (unpaired) electrons. The van der Waals surface area contributed by atoms with E-state index in [0.29, 0.717) is 29.7 Å². The van der Waals surface area contributed by atoms with Crippen molar-refractivity contribution in [3.8, 4) is 0 Å². The molecule has 1 heterocycles. The Bertz CT molecular complexity index is 661. The Morgan fingerprint density at radius 1 is 1.10 bits per heavy atom. The van der Waals surface area contributed by atoms with Gasteiger partial charge in [-0.1, -0.05) is 47.5 Å². The van der Waals surface area contributed by atoms with E-state index in [-0.39, 0.29) is 6.04 Å². The van der Waals surface area contributed by atoms with Gasteiger partial charge < -0.3 is 4.74 Å². The highest BCUT2D eigenvalue weighted by Gasteiger charge is 2.17. The minimum atomic E-state index is -0.00502. The van der Waals surface area contributed by atoms with E-state index in [1.54, 1.807) is 6.07 Å². The summed E-state index contributed by atoms with van der Waals surface area (Å²) in [4.78, 5) is 0. The van der Waals surface area contributed by atoms with Crippen LogP contribution in [0.15, 0.2) is 36.4 Å². The van der Waals surface area contributed by atoms with Crippen LogP contribution in [0.1, 0.15) is 28.3 Å². The van der Waals surface area contributed by atoms with Gasteiger partial charge in [-0.15, -0.1) is 0 Å². The van der Waals surface area contributed by atoms with E-state index < -0.39 is 0 Å². The normalized spacial score (nSPS) is 15.0. The van der Waals surface area contributed by atoms with Crippen molar-refractivity contribution in [3.05, 3.63) is 68.7 Å². The van der Waals surface area contributed by atoms with Crippen molar-refractivity contribution < 1.29 is 4.74 Å². The standard InChI is InChI=1S/C16H16Cl2N2O/c17-14-4-3-10(15(18)7-14)6-16(20-19)11-1-2-12-8-21-9-13(12)5-11/h1-5,7,16,20H,6,8-9,19H2. The van der Waals surface area contributed by atoms with Crippen LogP contribution < -0.4 is 11.3 Å². The van der Waals surface area contributed by atoms with Crippen molar-refractivity contribution >= 4 is 23.2 Å². The molecule has 1 aliphatic heterocycles. The highest BCUT2D eigenvalue weighted by molar-refractivity contribution is 6.35. The first-order chi connectivity index (χ1) is 10.2. The summed E-state index contributed by atoms with van der Waals surface area (Å²) in [5.74, 6) is 5.73. The van der Waals surface area contributed by atoms with Crippen LogP contribution in [0.4, 0.5) is 0 Å². The van der Waals surface area contributed by atoms with Gasteiger partial charge in [-0.25, -0.2) is 0 Å². The van der Waals surface area contributed by atoms with E-state index in [0.717, 1.165) is 11.1 Å². The average molecular weight is 323 g/mol. The summed E-state index contributed by atoms with van der Waals surface area (Å²) >= 11 is 12.2. The maximum absolute atomic E-state index is 6.24. The number of benzene rings is 2. The number of hydrazine groups is 1. The summed E-state index contributed by atoms with van der Waals surface area (Å²) in [6.07, 6.45) is 0.701. The van der Waals surface area contributed by atoms with Gasteiger partial charge in [-0.2, -0.15) is 0 Å². The van der Waals surface area contributed by atoms with Crippen LogP contribution in [0.3, 0.4) is 0 Å². The van der Waals surface area contributed by atoms with E-state index in [1.807, 2.05) is 12.1 Å². The summed E-state index contributed by atoms with van der Waals surface area (Å²) in [7, 11) is 0. The second-order valence-corrected chi connectivity index (χ2v) is 6.02. The molecule has 0 saturated carbocycles. The number of ether oxygens (including phenoxy) is 1. The van der Waals surface area contributed by atoms with Crippen LogP contribution in [0, 0.1) is 0 Å². The molecular formula is C16H16Cl2N2O. The summed E-state index contributed by atoms with van der Waals surface area (Å²) in [5, 5.41) is 1.29. The Kier molecular flexibility index (Phi) is 4.48. The molecule has 3 nitrogen and oxygen atoms in total. The molecule has 1 unspecified atom stereocenters. The van der Waals surface area contributed by atoms with Crippen molar-refractivity contribution in [2.24, 2.45) is 5.84 Å². The lowest BCUT2D eigenvalue weighted by Gasteiger charge is -2.18. The largest absolute Gasteiger partial charge is 0.372 e. The second-order valence-electron chi connectivity index (χ2n) is 5.18. The van der Waals surface area contributed by atoms with Crippen LogP contribution in [-0.4, -0.2) is 0 Å². The quantitative estimate of drug-likeness (QED) is 0.665. The molecular weight excluding hydrogens is 307 g/mol. The van der Waals surface area contributed by atoms with Crippen molar-refractivity contribution in [1.29, 1.82) is 0 Å². The molecule has 1 atom stereocenters. The van der Waals surface area contributed by atoms with Crippen LogP contribution in [0.25, 0.3) is 0 Å². The summed E-state index contributed by atoms with van der Waals surface area (Å²) in [5.41, 5.74) is 7.49. The number of rotatable bonds is 4. The Labute approximate surface area is 134 Å². The van der Waals surface area contributed by atoms with E-state index in [1.165, 1.54) is 11.1 Å². The van der Waals surface area contributed by atoms with Crippen molar-refractivity contribution in [2.75, 3.05) is 0 Å². The predicted octanol–water partition coefficient (Wildman–Crippen LogP) is 3.77. The lowest BCUT2D eigenvalue weighted by atomic mass is 9.96. The average Bonchev–Trinajstić information content (AvgIpc) is 2.94. The molecule has 0 aliphatic carbocycles. The number of hydrogen-bond donors (Lipinski definition) is 2. The molecule has 5 heteroatoms. The minimum absolute atomic E-state index is 0.00502. The molecule has 1 aliphatic rings. The molecule has 0 saturated heterocycles. The summed E-state index contributed by atoms with van der Waals surface area (Å²) in [6, 6.07) is 11.9. The zero-order valence-corrected chi connectivity index (χ0v) is 12.9. The molecule has 0 fully saturated rings. The van der Waals surface area contributed by atoms with E-state index in [4.69, 9.17) is 33.8 Å². The Morgan fingerprint density at radius 2 is 1.90 bits per heavy atom. The monoisotopic (exact) mass is 322 g/mol. The maximum Gasteiger partial charge on any atom is 0.0725 e. The minimum Gasteiger partial charge on any atom is -0.372 e. The fourth-order valence-corrected chi connectivity index (χ4v) is 3.07. The van der Waals surface area contributed by atoms with Gasteiger partial charge in [-0.3, -0.25) is 11.3 Å². The van der Waals surface area contributed by atoms with Gasteiger partial charge >= 0.3 is 0 Å². The number of nitrogens with one attached hydrogen (secondary N) is 1. The van der Waals surface area contributed by atoms with Gasteiger partial charge in [-0.05, 0) is 40.8 Å². The number of nitrogens with two attached hydrogens (primary N) is 1. The first kappa shape index (κ1) is 14.8. The first-order valence-corrected chi connectivity index (χ1v) is 7.52. The van der Waals surface area contributed by atoms with Gasteiger partial charge in [0, 0.05) is 10.0 Å². The smallest absolute Gasteiger partial charge is 0.0725 e. The van der Waals surface area contributed by atoms with Crippen molar-refractivity contribution in [3.63, 3.8) is 0 Å². The lowest BCUT2D eigenvalue weighted by molar-refractivity contribution is 0.134. The molecule has 3 rings (SSSR count). The van der Waals surface area contributed by atoms with E-state index in [9.17, 15) is 0 Å². The summed E-state index contributed by atoms with van der Waals surface area (Å²) in [6.45, 7) is 1.36. The molecule has 0 aromatic heterocycles. The van der Waals surface area contributed by atoms with Crippen LogP contribution in [0.2, 0.25) is 10.0 Å². The fraction of sp³-hybridized carbons (Fsp3) is 0.250. The predicted molar refractivity (Wildman–Crippen MR) is 85.2 cm³/mol. The SMILES string of the molecule is NNC(Cc1ccc(Cl)cc1Cl)c1ccc2c(c1)COC2. The molecule has 2 aromatic carbocycles. The highest BCUT2D eigenvalue weighted by atomic mass is 35.5. The lowest BCUT2D eigenvalue weighted by Crippen LogP contribution is -2.29. The summed E-state index contributed by atoms with van der Waals surface area (Å²) < 4.78 is 5.45. The Morgan fingerprint density at radius 3 is 2.67 bits per heavy atom. The van der Waals surface area contributed by atoms with E-state index in [2.05, 4.69) is 23.6 Å². The molecule has 0 bridgehead atoms. The van der Waals surface area contributed by atoms with Gasteiger partial charge in [0.15, 0.2) is 0 Å². The zero-order chi connectivity index (χ0) is 14.8. The number of fused-ring (bicyclic) bond motifs is 1. The van der Waals surface area contributed by atoms with Crippen molar-refractivity contribution in [2.45, 2.75) is 25.7 Å². The molecule has 0 amide bonds. The molecule has 0 spiro atoms. The highest BCUT2D eigenvalue weighted by Crippen LogP contribution is 2.28.